The van der Waals surface area contributed by atoms with Gasteiger partial charge in [-0.15, -0.1) is 12.4 Å². The molecule has 1 atom stereocenters. The monoisotopic (exact) mass is 313 g/mol. The molecule has 0 fully saturated rings. The fourth-order valence-corrected chi connectivity index (χ4v) is 1.63. The molecule has 0 aromatic heterocycles. The number of nitrogens with one attached hydrogen (secondary N) is 2. The van der Waals surface area contributed by atoms with Gasteiger partial charge in [-0.3, -0.25) is 9.59 Å². The maximum absolute atomic E-state index is 11.8. The summed E-state index contributed by atoms with van der Waals surface area (Å²) in [5.41, 5.74) is 7.05. The molecule has 21 heavy (non-hydrogen) atoms. The van der Waals surface area contributed by atoms with E-state index in [2.05, 4.69) is 10.6 Å². The molecule has 5 nitrogen and oxygen atoms in total. The summed E-state index contributed by atoms with van der Waals surface area (Å²) in [6, 6.07) is 7.28. The van der Waals surface area contributed by atoms with Gasteiger partial charge in [0.15, 0.2) is 0 Å². The Labute approximate surface area is 132 Å². The molecule has 0 aliphatic heterocycles. The minimum atomic E-state index is -0.176. The van der Waals surface area contributed by atoms with Crippen LogP contribution in [0.1, 0.15) is 42.6 Å². The van der Waals surface area contributed by atoms with Crippen LogP contribution in [0.3, 0.4) is 0 Å². The predicted molar refractivity (Wildman–Crippen MR) is 86.4 cm³/mol. The first kappa shape index (κ1) is 19.4. The highest BCUT2D eigenvalue weighted by Crippen LogP contribution is 2.03. The molecular weight excluding hydrogens is 290 g/mol. The normalized spacial score (nSPS) is 11.2. The van der Waals surface area contributed by atoms with Crippen molar-refractivity contribution in [1.82, 2.24) is 10.6 Å². The molecule has 2 amide bonds. The summed E-state index contributed by atoms with van der Waals surface area (Å²) in [7, 11) is 0. The molecule has 0 aliphatic carbocycles. The van der Waals surface area contributed by atoms with Crippen molar-refractivity contribution in [3.63, 3.8) is 0 Å². The third kappa shape index (κ3) is 7.11. The van der Waals surface area contributed by atoms with Crippen LogP contribution in [0.2, 0.25) is 0 Å². The highest BCUT2D eigenvalue weighted by Gasteiger charge is 2.08. The molecule has 6 heteroatoms. The molecule has 1 aromatic rings. The number of amides is 2. The van der Waals surface area contributed by atoms with Gasteiger partial charge in [-0.2, -0.15) is 0 Å². The lowest BCUT2D eigenvalue weighted by Gasteiger charge is -2.11. The van der Waals surface area contributed by atoms with Crippen molar-refractivity contribution in [2.24, 2.45) is 5.73 Å². The molecule has 0 bridgehead atoms. The SMILES string of the molecule is CCC(C)NC(=O)CCNC(=O)c1ccc(CN)cc1.Cl. The van der Waals surface area contributed by atoms with Gasteiger partial charge in [0.2, 0.25) is 5.91 Å². The zero-order chi connectivity index (χ0) is 15.0. The molecule has 0 spiro atoms. The molecule has 0 heterocycles. The standard InChI is InChI=1S/C15H23N3O2.ClH/c1-3-11(2)18-14(19)8-9-17-15(20)13-6-4-12(10-16)5-7-13;/h4-7,11H,3,8-10,16H2,1-2H3,(H,17,20)(H,18,19);1H. The fourth-order valence-electron chi connectivity index (χ4n) is 1.63. The number of carbonyl (C=O) groups excluding carboxylic acids is 2. The van der Waals surface area contributed by atoms with Crippen molar-refractivity contribution in [1.29, 1.82) is 0 Å². The molecule has 1 rings (SSSR count). The third-order valence-corrected chi connectivity index (χ3v) is 3.11. The van der Waals surface area contributed by atoms with E-state index in [1.54, 1.807) is 12.1 Å². The zero-order valence-electron chi connectivity index (χ0n) is 12.5. The van der Waals surface area contributed by atoms with E-state index >= 15 is 0 Å². The van der Waals surface area contributed by atoms with Crippen molar-refractivity contribution in [3.05, 3.63) is 35.4 Å². The van der Waals surface area contributed by atoms with Crippen molar-refractivity contribution in [2.75, 3.05) is 6.54 Å². The van der Waals surface area contributed by atoms with Gasteiger partial charge in [-0.05, 0) is 31.0 Å². The van der Waals surface area contributed by atoms with Crippen LogP contribution < -0.4 is 16.4 Å². The largest absolute Gasteiger partial charge is 0.354 e. The van der Waals surface area contributed by atoms with Gasteiger partial charge in [0.1, 0.15) is 0 Å². The Morgan fingerprint density at radius 1 is 1.24 bits per heavy atom. The smallest absolute Gasteiger partial charge is 0.251 e. The second-order valence-electron chi connectivity index (χ2n) is 4.78. The van der Waals surface area contributed by atoms with Crippen LogP contribution >= 0.6 is 12.4 Å². The molecular formula is C15H24ClN3O2. The van der Waals surface area contributed by atoms with Crippen molar-refractivity contribution >= 4 is 24.2 Å². The van der Waals surface area contributed by atoms with E-state index in [0.29, 0.717) is 18.7 Å². The van der Waals surface area contributed by atoms with Crippen molar-refractivity contribution < 1.29 is 9.59 Å². The average molecular weight is 314 g/mol. The lowest BCUT2D eigenvalue weighted by molar-refractivity contribution is -0.121. The van der Waals surface area contributed by atoms with Crippen LogP contribution in [-0.4, -0.2) is 24.4 Å². The Balaban J connectivity index is 0.00000400. The van der Waals surface area contributed by atoms with Crippen LogP contribution in [0.4, 0.5) is 0 Å². The molecule has 0 saturated heterocycles. The number of benzene rings is 1. The Kier molecular flexibility index (Phi) is 9.41. The van der Waals surface area contributed by atoms with Crippen molar-refractivity contribution in [2.45, 2.75) is 39.3 Å². The van der Waals surface area contributed by atoms with E-state index in [9.17, 15) is 9.59 Å². The summed E-state index contributed by atoms with van der Waals surface area (Å²) in [4.78, 5) is 23.4. The fraction of sp³-hybridized carbons (Fsp3) is 0.467. The van der Waals surface area contributed by atoms with E-state index < -0.39 is 0 Å². The van der Waals surface area contributed by atoms with Crippen LogP contribution in [0.25, 0.3) is 0 Å². The first-order chi connectivity index (χ1) is 9.56. The van der Waals surface area contributed by atoms with E-state index in [0.717, 1.165) is 12.0 Å². The van der Waals surface area contributed by atoms with Gasteiger partial charge < -0.3 is 16.4 Å². The summed E-state index contributed by atoms with van der Waals surface area (Å²) in [6.07, 6.45) is 1.18. The van der Waals surface area contributed by atoms with Gasteiger partial charge in [0, 0.05) is 31.1 Å². The van der Waals surface area contributed by atoms with Gasteiger partial charge in [-0.25, -0.2) is 0 Å². The topological polar surface area (TPSA) is 84.2 Å². The van der Waals surface area contributed by atoms with Gasteiger partial charge in [0.05, 0.1) is 0 Å². The number of nitrogens with two attached hydrogens (primary N) is 1. The van der Waals surface area contributed by atoms with Crippen LogP contribution in [0, 0.1) is 0 Å². The van der Waals surface area contributed by atoms with Crippen LogP contribution in [0.15, 0.2) is 24.3 Å². The average Bonchev–Trinajstić information content (AvgIpc) is 2.47. The van der Waals surface area contributed by atoms with E-state index in [1.807, 2.05) is 26.0 Å². The van der Waals surface area contributed by atoms with Crippen LogP contribution in [-0.2, 0) is 11.3 Å². The third-order valence-electron chi connectivity index (χ3n) is 3.11. The maximum atomic E-state index is 11.8. The van der Waals surface area contributed by atoms with Gasteiger partial charge in [0.25, 0.3) is 5.91 Å². The lowest BCUT2D eigenvalue weighted by atomic mass is 10.1. The quantitative estimate of drug-likeness (QED) is 0.715. The second kappa shape index (κ2) is 10.2. The second-order valence-corrected chi connectivity index (χ2v) is 4.78. The Hall–Kier alpha value is -1.59. The minimum absolute atomic E-state index is 0. The van der Waals surface area contributed by atoms with E-state index in [-0.39, 0.29) is 36.7 Å². The molecule has 0 saturated carbocycles. The molecule has 0 aliphatic rings. The maximum Gasteiger partial charge on any atom is 0.251 e. The van der Waals surface area contributed by atoms with E-state index in [4.69, 9.17) is 5.73 Å². The van der Waals surface area contributed by atoms with E-state index in [1.165, 1.54) is 0 Å². The number of rotatable bonds is 7. The summed E-state index contributed by atoms with van der Waals surface area (Å²) < 4.78 is 0. The summed E-state index contributed by atoms with van der Waals surface area (Å²) in [5.74, 6) is -0.219. The molecule has 1 unspecified atom stereocenters. The number of halogens is 1. The Morgan fingerprint density at radius 2 is 1.86 bits per heavy atom. The number of carbonyl (C=O) groups is 2. The molecule has 0 radical (unpaired) electrons. The summed E-state index contributed by atoms with van der Waals surface area (Å²) in [5, 5.41) is 5.58. The van der Waals surface area contributed by atoms with Crippen molar-refractivity contribution in [3.8, 4) is 0 Å². The van der Waals surface area contributed by atoms with Gasteiger partial charge in [-0.1, -0.05) is 19.1 Å². The first-order valence-electron chi connectivity index (χ1n) is 6.93. The Bertz CT molecular complexity index is 449. The number of hydrogen-bond donors (Lipinski definition) is 3. The first-order valence-corrected chi connectivity index (χ1v) is 6.93. The molecule has 1 aromatic carbocycles. The highest BCUT2D eigenvalue weighted by atomic mass is 35.5. The number of hydrogen-bond acceptors (Lipinski definition) is 3. The summed E-state index contributed by atoms with van der Waals surface area (Å²) in [6.45, 7) is 4.75. The van der Waals surface area contributed by atoms with Crippen LogP contribution in [0.5, 0.6) is 0 Å². The molecule has 118 valence electrons. The highest BCUT2D eigenvalue weighted by molar-refractivity contribution is 5.94. The minimum Gasteiger partial charge on any atom is -0.354 e. The molecule has 4 N–H and O–H groups in total. The Morgan fingerprint density at radius 3 is 2.38 bits per heavy atom. The van der Waals surface area contributed by atoms with Gasteiger partial charge >= 0.3 is 0 Å². The summed E-state index contributed by atoms with van der Waals surface area (Å²) >= 11 is 0. The zero-order valence-corrected chi connectivity index (χ0v) is 13.3. The predicted octanol–water partition coefficient (Wildman–Crippen LogP) is 1.60. The lowest BCUT2D eigenvalue weighted by Crippen LogP contribution is -2.35.